The number of piperazine rings is 1. The Bertz CT molecular complexity index is 1000. The molecule has 1 atom stereocenters. The number of hydrogen-bond acceptors (Lipinski definition) is 4. The van der Waals surface area contributed by atoms with E-state index in [-0.39, 0.29) is 36.8 Å². The van der Waals surface area contributed by atoms with Crippen molar-refractivity contribution < 1.29 is 23.5 Å². The third-order valence-electron chi connectivity index (χ3n) is 6.87. The summed E-state index contributed by atoms with van der Waals surface area (Å²) in [7, 11) is 3.10. The number of carbonyl (C=O) groups excluding carboxylic acids is 2. The molecule has 0 aromatic heterocycles. The van der Waals surface area contributed by atoms with Gasteiger partial charge in [-0.25, -0.2) is 4.39 Å². The van der Waals surface area contributed by atoms with E-state index in [1.807, 2.05) is 0 Å². The van der Waals surface area contributed by atoms with Crippen molar-refractivity contribution in [3.05, 3.63) is 59.4 Å². The van der Waals surface area contributed by atoms with Gasteiger partial charge in [0.1, 0.15) is 18.4 Å². The molecular formula is C26H31FN2O4. The fourth-order valence-corrected chi connectivity index (χ4v) is 4.92. The highest BCUT2D eigenvalue weighted by Gasteiger charge is 2.43. The zero-order valence-electron chi connectivity index (χ0n) is 19.4. The molecule has 7 heteroatoms. The van der Waals surface area contributed by atoms with Gasteiger partial charge in [-0.1, -0.05) is 25.1 Å². The fraction of sp³-hybridized carbons (Fsp3) is 0.462. The van der Waals surface area contributed by atoms with Crippen LogP contribution >= 0.6 is 0 Å². The average molecular weight is 455 g/mol. The lowest BCUT2D eigenvalue weighted by Gasteiger charge is -2.45. The second kappa shape index (κ2) is 9.81. The van der Waals surface area contributed by atoms with Gasteiger partial charge in [0, 0.05) is 12.6 Å². The van der Waals surface area contributed by atoms with Crippen LogP contribution in [0.2, 0.25) is 0 Å². The molecule has 2 aliphatic rings. The summed E-state index contributed by atoms with van der Waals surface area (Å²) in [4.78, 5) is 30.6. The molecule has 1 saturated heterocycles. The molecule has 0 spiro atoms. The number of ether oxygens (including phenoxy) is 2. The summed E-state index contributed by atoms with van der Waals surface area (Å²) in [5, 5.41) is 0. The first-order chi connectivity index (χ1) is 15.9. The molecule has 1 unspecified atom stereocenters. The monoisotopic (exact) mass is 454 g/mol. The Kier molecular flexibility index (Phi) is 6.86. The lowest BCUT2D eigenvalue weighted by atomic mass is 9.85. The van der Waals surface area contributed by atoms with E-state index < -0.39 is 6.04 Å². The van der Waals surface area contributed by atoms with Crippen LogP contribution in [-0.2, 0) is 16.1 Å². The summed E-state index contributed by atoms with van der Waals surface area (Å²) < 4.78 is 24.2. The van der Waals surface area contributed by atoms with Crippen LogP contribution in [0.4, 0.5) is 4.39 Å². The van der Waals surface area contributed by atoms with Gasteiger partial charge >= 0.3 is 0 Å². The number of hydrogen-bond donors (Lipinski definition) is 0. The number of carbonyl (C=O) groups is 2. The van der Waals surface area contributed by atoms with Crippen molar-refractivity contribution in [2.45, 2.75) is 51.2 Å². The molecular weight excluding hydrogens is 423 g/mol. The highest BCUT2D eigenvalue weighted by Crippen LogP contribution is 2.37. The molecule has 2 amide bonds. The lowest BCUT2D eigenvalue weighted by molar-refractivity contribution is -0.160. The van der Waals surface area contributed by atoms with E-state index in [9.17, 15) is 14.0 Å². The molecule has 0 radical (unpaired) electrons. The minimum atomic E-state index is -0.782. The van der Waals surface area contributed by atoms with E-state index in [0.29, 0.717) is 23.0 Å². The van der Waals surface area contributed by atoms with Gasteiger partial charge in [-0.3, -0.25) is 9.59 Å². The Hall–Kier alpha value is -3.09. The van der Waals surface area contributed by atoms with Crippen LogP contribution in [0.5, 0.6) is 11.5 Å². The van der Waals surface area contributed by atoms with E-state index in [0.717, 1.165) is 31.2 Å². The van der Waals surface area contributed by atoms with Gasteiger partial charge in [0.15, 0.2) is 11.5 Å². The summed E-state index contributed by atoms with van der Waals surface area (Å²) in [6.07, 6.45) is 3.94. The van der Waals surface area contributed by atoms with Crippen molar-refractivity contribution in [3.8, 4) is 11.5 Å². The van der Waals surface area contributed by atoms with Crippen LogP contribution in [0, 0.1) is 11.7 Å². The largest absolute Gasteiger partial charge is 0.493 e. The second-order valence-corrected chi connectivity index (χ2v) is 9.04. The van der Waals surface area contributed by atoms with Crippen LogP contribution in [0.25, 0.3) is 0 Å². The van der Waals surface area contributed by atoms with Gasteiger partial charge in [0.25, 0.3) is 5.91 Å². The minimum Gasteiger partial charge on any atom is -0.493 e. The van der Waals surface area contributed by atoms with Crippen LogP contribution < -0.4 is 9.47 Å². The smallest absolute Gasteiger partial charge is 0.250 e. The Labute approximate surface area is 194 Å². The molecule has 1 aliphatic heterocycles. The van der Waals surface area contributed by atoms with E-state index >= 15 is 0 Å². The molecule has 6 nitrogen and oxygen atoms in total. The third kappa shape index (κ3) is 4.82. The molecule has 1 heterocycles. The quantitative estimate of drug-likeness (QED) is 0.652. The maximum absolute atomic E-state index is 13.9. The predicted molar refractivity (Wildman–Crippen MR) is 122 cm³/mol. The number of methoxy groups -OCH3 is 2. The van der Waals surface area contributed by atoms with Crippen LogP contribution in [-0.4, -0.2) is 48.4 Å². The molecule has 0 N–H and O–H groups in total. The molecule has 2 aromatic carbocycles. The van der Waals surface area contributed by atoms with Gasteiger partial charge < -0.3 is 19.3 Å². The zero-order valence-corrected chi connectivity index (χ0v) is 19.4. The Morgan fingerprint density at radius 3 is 2.24 bits per heavy atom. The Morgan fingerprint density at radius 1 is 0.939 bits per heavy atom. The third-order valence-corrected chi connectivity index (χ3v) is 6.87. The predicted octanol–water partition coefficient (Wildman–Crippen LogP) is 4.33. The van der Waals surface area contributed by atoms with Crippen LogP contribution in [0.1, 0.15) is 49.8 Å². The zero-order chi connectivity index (χ0) is 23.5. The van der Waals surface area contributed by atoms with Crippen molar-refractivity contribution >= 4 is 11.8 Å². The maximum Gasteiger partial charge on any atom is 0.250 e. The van der Waals surface area contributed by atoms with Gasteiger partial charge in [0.2, 0.25) is 5.91 Å². The number of rotatable bonds is 6. The normalized spacial score (nSPS) is 23.6. The lowest BCUT2D eigenvalue weighted by Crippen LogP contribution is -2.58. The summed E-state index contributed by atoms with van der Waals surface area (Å²) in [6.45, 7) is 2.53. The fourth-order valence-electron chi connectivity index (χ4n) is 4.92. The number of amides is 2. The molecule has 176 valence electrons. The summed E-state index contributed by atoms with van der Waals surface area (Å²) >= 11 is 0. The molecule has 4 rings (SSSR count). The Morgan fingerprint density at radius 2 is 1.61 bits per heavy atom. The van der Waals surface area contributed by atoms with Crippen molar-refractivity contribution in [1.82, 2.24) is 9.80 Å². The first-order valence-corrected chi connectivity index (χ1v) is 11.5. The van der Waals surface area contributed by atoms with Crippen LogP contribution in [0.15, 0.2) is 42.5 Å². The van der Waals surface area contributed by atoms with Crippen molar-refractivity contribution in [2.24, 2.45) is 5.92 Å². The summed E-state index contributed by atoms with van der Waals surface area (Å²) in [5.74, 6) is 1.17. The number of nitrogens with zero attached hydrogens (tertiary/aromatic N) is 2. The topological polar surface area (TPSA) is 59.1 Å². The van der Waals surface area contributed by atoms with Crippen molar-refractivity contribution in [2.75, 3.05) is 20.8 Å². The molecule has 1 saturated carbocycles. The van der Waals surface area contributed by atoms with Crippen molar-refractivity contribution in [3.63, 3.8) is 0 Å². The van der Waals surface area contributed by atoms with E-state index in [4.69, 9.17) is 9.47 Å². The molecule has 0 bridgehead atoms. The van der Waals surface area contributed by atoms with E-state index in [1.54, 1.807) is 54.4 Å². The number of halogens is 1. The van der Waals surface area contributed by atoms with Gasteiger partial charge in [-0.15, -0.1) is 0 Å². The van der Waals surface area contributed by atoms with Gasteiger partial charge in [0.05, 0.1) is 14.2 Å². The average Bonchev–Trinajstić information content (AvgIpc) is 2.83. The SMILES string of the molecule is COc1ccc(C2C(=O)N(C3CCC(C)CC3)CC(=O)N2Cc2ccc(F)cc2)cc1OC. The Balaban J connectivity index is 1.70. The maximum atomic E-state index is 13.9. The standard InChI is InChI=1S/C26H31FN2O4/c1-17-4-11-21(12-5-17)28-16-24(30)29(15-18-6-9-20(27)10-7-18)25(26(28)31)19-8-13-22(32-2)23(14-19)33-3/h6-10,13-14,17,21,25H,4-5,11-12,15-16H2,1-3H3. The second-order valence-electron chi connectivity index (χ2n) is 9.04. The number of benzene rings is 2. The van der Waals surface area contributed by atoms with Crippen LogP contribution in [0.3, 0.4) is 0 Å². The molecule has 1 aliphatic carbocycles. The molecule has 2 aromatic rings. The minimum absolute atomic E-state index is 0.0723. The van der Waals surface area contributed by atoms with E-state index in [1.165, 1.54) is 12.1 Å². The molecule has 33 heavy (non-hydrogen) atoms. The summed E-state index contributed by atoms with van der Waals surface area (Å²) in [6, 6.07) is 10.6. The first kappa shape index (κ1) is 23.1. The van der Waals surface area contributed by atoms with Gasteiger partial charge in [-0.05, 0) is 67.0 Å². The van der Waals surface area contributed by atoms with Gasteiger partial charge in [-0.2, -0.15) is 0 Å². The van der Waals surface area contributed by atoms with E-state index in [2.05, 4.69) is 6.92 Å². The summed E-state index contributed by atoms with van der Waals surface area (Å²) in [5.41, 5.74) is 1.44. The molecule has 2 fully saturated rings. The highest BCUT2D eigenvalue weighted by molar-refractivity contribution is 5.96. The van der Waals surface area contributed by atoms with Crippen molar-refractivity contribution in [1.29, 1.82) is 0 Å². The highest BCUT2D eigenvalue weighted by atomic mass is 19.1. The first-order valence-electron chi connectivity index (χ1n) is 11.5.